The molecule has 5 heteroatoms. The number of aromatic amines is 1. The van der Waals surface area contributed by atoms with Gasteiger partial charge in [-0.25, -0.2) is 4.79 Å². The van der Waals surface area contributed by atoms with Gasteiger partial charge in [0.15, 0.2) is 0 Å². The highest BCUT2D eigenvalue weighted by Gasteiger charge is 2.19. The van der Waals surface area contributed by atoms with E-state index in [2.05, 4.69) is 47.7 Å². The Kier molecular flexibility index (Phi) is 5.76. The number of hydrogen-bond acceptors (Lipinski definition) is 4. The minimum atomic E-state index is -0.493. The van der Waals surface area contributed by atoms with Gasteiger partial charge >= 0.3 is 5.97 Å². The molecule has 2 aromatic carbocycles. The minimum Gasteiger partial charge on any atom is -0.423 e. The summed E-state index contributed by atoms with van der Waals surface area (Å²) in [6.07, 6.45) is 7.44. The van der Waals surface area contributed by atoms with E-state index < -0.39 is 5.97 Å². The maximum atomic E-state index is 12.0. The first-order valence-corrected chi connectivity index (χ1v) is 10.1. The summed E-state index contributed by atoms with van der Waals surface area (Å²) < 4.78 is 5.61. The third-order valence-corrected chi connectivity index (χ3v) is 5.28. The third kappa shape index (κ3) is 4.03. The van der Waals surface area contributed by atoms with E-state index in [1.54, 1.807) is 18.5 Å². The van der Waals surface area contributed by atoms with Crippen molar-refractivity contribution in [1.29, 1.82) is 0 Å². The van der Waals surface area contributed by atoms with E-state index in [0.29, 0.717) is 5.75 Å². The fraction of sp³-hybridized carbons (Fsp3) is 0.115. The van der Waals surface area contributed by atoms with Crippen molar-refractivity contribution in [2.45, 2.75) is 20.3 Å². The molecule has 0 fully saturated rings. The molecule has 0 saturated heterocycles. The van der Waals surface area contributed by atoms with Crippen molar-refractivity contribution in [3.05, 3.63) is 102 Å². The predicted octanol–water partition coefficient (Wildman–Crippen LogP) is 5.73. The van der Waals surface area contributed by atoms with Crippen LogP contribution >= 0.6 is 0 Å². The molecule has 1 N–H and O–H groups in total. The molecule has 2 heterocycles. The number of aryl methyl sites for hydroxylation is 1. The number of nitrogens with zero attached hydrogens (tertiary/aromatic N) is 2. The van der Waals surface area contributed by atoms with Crippen molar-refractivity contribution in [2.24, 2.45) is 0 Å². The zero-order valence-electron chi connectivity index (χ0n) is 17.6. The molecule has 0 spiro atoms. The third-order valence-electron chi connectivity index (χ3n) is 5.28. The van der Waals surface area contributed by atoms with Crippen molar-refractivity contribution < 1.29 is 9.53 Å². The molecule has 31 heavy (non-hydrogen) atoms. The van der Waals surface area contributed by atoms with E-state index in [0.717, 1.165) is 50.7 Å². The first-order chi connectivity index (χ1) is 15.1. The molecule has 0 amide bonds. The fourth-order valence-electron chi connectivity index (χ4n) is 3.78. The number of fused-ring (bicyclic) bond motifs is 1. The van der Waals surface area contributed by atoms with E-state index in [4.69, 9.17) is 4.74 Å². The smallest absolute Gasteiger partial charge is 0.335 e. The predicted molar refractivity (Wildman–Crippen MR) is 124 cm³/mol. The average molecular weight is 409 g/mol. The number of benzene rings is 2. The quantitative estimate of drug-likeness (QED) is 0.251. The number of esters is 1. The van der Waals surface area contributed by atoms with Crippen LogP contribution in [0.5, 0.6) is 5.75 Å². The number of carbonyl (C=O) groups is 1. The lowest BCUT2D eigenvalue weighted by molar-refractivity contribution is -0.128. The van der Waals surface area contributed by atoms with E-state index in [1.807, 2.05) is 36.5 Å². The highest BCUT2D eigenvalue weighted by molar-refractivity contribution is 6.02. The van der Waals surface area contributed by atoms with Crippen LogP contribution in [0.15, 0.2) is 79.8 Å². The highest BCUT2D eigenvalue weighted by Crippen LogP contribution is 2.39. The van der Waals surface area contributed by atoms with Gasteiger partial charge < -0.3 is 4.74 Å². The van der Waals surface area contributed by atoms with Gasteiger partial charge in [0, 0.05) is 29.4 Å². The van der Waals surface area contributed by atoms with Gasteiger partial charge in [-0.1, -0.05) is 37.8 Å². The number of H-pyrrole nitrogens is 1. The molecule has 0 saturated carbocycles. The summed E-state index contributed by atoms with van der Waals surface area (Å²) in [5.74, 6) is -0.00474. The monoisotopic (exact) mass is 409 g/mol. The van der Waals surface area contributed by atoms with Gasteiger partial charge in [-0.05, 0) is 65.4 Å². The Morgan fingerprint density at radius 2 is 1.97 bits per heavy atom. The molecule has 0 aliphatic rings. The lowest BCUT2D eigenvalue weighted by Crippen LogP contribution is -2.06. The van der Waals surface area contributed by atoms with E-state index in [-0.39, 0.29) is 0 Å². The number of allylic oxidation sites excluding steroid dienone is 1. The molecule has 0 aliphatic carbocycles. The zero-order chi connectivity index (χ0) is 21.8. The fourth-order valence-corrected chi connectivity index (χ4v) is 3.78. The summed E-state index contributed by atoms with van der Waals surface area (Å²) in [6, 6.07) is 15.8. The van der Waals surface area contributed by atoms with E-state index >= 15 is 0 Å². The number of rotatable bonds is 6. The molecule has 5 nitrogen and oxygen atoms in total. The Balaban J connectivity index is 2.04. The Morgan fingerprint density at radius 3 is 2.74 bits per heavy atom. The van der Waals surface area contributed by atoms with Crippen molar-refractivity contribution in [2.75, 3.05) is 0 Å². The lowest BCUT2D eigenvalue weighted by atomic mass is 9.86. The summed E-state index contributed by atoms with van der Waals surface area (Å²) in [5.41, 5.74) is 7.12. The van der Waals surface area contributed by atoms with E-state index in [1.165, 1.54) is 6.08 Å². The van der Waals surface area contributed by atoms with Gasteiger partial charge in [0.1, 0.15) is 5.75 Å². The number of pyridine rings is 1. The molecular formula is C26H23N3O2. The number of hydrogen-bond donors (Lipinski definition) is 1. The van der Waals surface area contributed by atoms with Gasteiger partial charge in [-0.3, -0.25) is 10.1 Å². The van der Waals surface area contributed by atoms with Crippen LogP contribution in [0, 0.1) is 6.92 Å². The summed E-state index contributed by atoms with van der Waals surface area (Å²) >= 11 is 0. The second-order valence-electron chi connectivity index (χ2n) is 7.19. The molecule has 154 valence electrons. The molecule has 0 atom stereocenters. The number of carbonyl (C=O) groups excluding carboxylic acids is 1. The van der Waals surface area contributed by atoms with Crippen LogP contribution in [0.2, 0.25) is 0 Å². The van der Waals surface area contributed by atoms with Gasteiger partial charge in [0.25, 0.3) is 0 Å². The number of ether oxygens (including phenoxy) is 1. The lowest BCUT2D eigenvalue weighted by Gasteiger charge is -2.19. The van der Waals surface area contributed by atoms with Crippen molar-refractivity contribution in [3.63, 3.8) is 0 Å². The number of aromatic nitrogens is 3. The Labute approximate surface area is 181 Å². The summed E-state index contributed by atoms with van der Waals surface area (Å²) in [7, 11) is 0. The first kappa shape index (κ1) is 20.3. The molecule has 0 unspecified atom stereocenters. The average Bonchev–Trinajstić information content (AvgIpc) is 3.26. The van der Waals surface area contributed by atoms with Crippen LogP contribution in [-0.4, -0.2) is 21.2 Å². The molecular weight excluding hydrogens is 386 g/mol. The van der Waals surface area contributed by atoms with Crippen molar-refractivity contribution >= 4 is 28.0 Å². The standard InChI is InChI=1S/C26H23N3O2/c1-4-20(22-16-27-13-12-17(22)3)26(18-10-11-23-19(14-18)15-28-29-23)21-8-6-7-9-24(21)31-25(30)5-2/h5-16H,2,4H2,1,3H3,(H,28,29)/b26-20+. The minimum absolute atomic E-state index is 0.488. The second-order valence-corrected chi connectivity index (χ2v) is 7.19. The number of nitrogens with one attached hydrogen (secondary N) is 1. The Hall–Kier alpha value is -3.99. The van der Waals surface area contributed by atoms with Crippen LogP contribution in [0.1, 0.15) is 35.6 Å². The molecule has 0 radical (unpaired) electrons. The van der Waals surface area contributed by atoms with Crippen LogP contribution in [0.25, 0.3) is 22.0 Å². The van der Waals surface area contributed by atoms with Crippen LogP contribution in [0.3, 0.4) is 0 Å². The van der Waals surface area contributed by atoms with Gasteiger partial charge in [-0.15, -0.1) is 0 Å². The summed E-state index contributed by atoms with van der Waals surface area (Å²) in [4.78, 5) is 16.4. The Bertz CT molecular complexity index is 1300. The molecule has 0 aliphatic heterocycles. The van der Waals surface area contributed by atoms with Gasteiger partial charge in [-0.2, -0.15) is 5.10 Å². The van der Waals surface area contributed by atoms with Gasteiger partial charge in [0.05, 0.1) is 11.7 Å². The van der Waals surface area contributed by atoms with Crippen molar-refractivity contribution in [1.82, 2.24) is 15.2 Å². The highest BCUT2D eigenvalue weighted by atomic mass is 16.5. The molecule has 4 rings (SSSR count). The maximum Gasteiger partial charge on any atom is 0.335 e. The maximum absolute atomic E-state index is 12.0. The molecule has 2 aromatic heterocycles. The summed E-state index contributed by atoms with van der Waals surface area (Å²) in [6.45, 7) is 7.72. The second kappa shape index (κ2) is 8.79. The van der Waals surface area contributed by atoms with Crippen LogP contribution in [0.4, 0.5) is 0 Å². The SMILES string of the molecule is C=CC(=O)Oc1ccccc1/C(=C(\CC)c1cnccc1C)c1ccc2[nH]ncc2c1. The molecule has 0 bridgehead atoms. The normalized spacial score (nSPS) is 11.8. The Morgan fingerprint density at radius 1 is 1.13 bits per heavy atom. The number of para-hydroxylation sites is 1. The van der Waals surface area contributed by atoms with E-state index in [9.17, 15) is 4.79 Å². The molecule has 4 aromatic rings. The van der Waals surface area contributed by atoms with Crippen molar-refractivity contribution in [3.8, 4) is 5.75 Å². The van der Waals surface area contributed by atoms with Crippen LogP contribution in [-0.2, 0) is 4.79 Å². The largest absolute Gasteiger partial charge is 0.423 e. The van der Waals surface area contributed by atoms with Crippen LogP contribution < -0.4 is 4.74 Å². The summed E-state index contributed by atoms with van der Waals surface area (Å²) in [5, 5.41) is 8.15. The van der Waals surface area contributed by atoms with Gasteiger partial charge in [0.2, 0.25) is 0 Å². The first-order valence-electron chi connectivity index (χ1n) is 10.1. The topological polar surface area (TPSA) is 67.9 Å². The zero-order valence-corrected chi connectivity index (χ0v) is 17.6.